The molecule has 0 amide bonds. The number of hydrogen-bond acceptors (Lipinski definition) is 2. The predicted molar refractivity (Wildman–Crippen MR) is 57.7 cm³/mol. The second kappa shape index (κ2) is 2.53. The number of benzene rings is 1. The van der Waals surface area contributed by atoms with Crippen molar-refractivity contribution in [2.75, 3.05) is 0 Å². The summed E-state index contributed by atoms with van der Waals surface area (Å²) < 4.78 is 0.888. The number of hydrogen-bond donors (Lipinski definition) is 1. The van der Waals surface area contributed by atoms with Gasteiger partial charge in [-0.1, -0.05) is 24.3 Å². The van der Waals surface area contributed by atoms with Gasteiger partial charge in [-0.3, -0.25) is 0 Å². The molecular formula is C10H7NS2. The molecule has 3 rings (SSSR count). The lowest BCUT2D eigenvalue weighted by molar-refractivity contribution is 1.31. The minimum Gasteiger partial charge on any atom is -0.337 e. The maximum absolute atomic E-state index is 5.11. The summed E-state index contributed by atoms with van der Waals surface area (Å²) in [5.74, 6) is 0. The number of fused-ring (bicyclic) bond motifs is 3. The highest BCUT2D eigenvalue weighted by molar-refractivity contribution is 7.73. The molecule has 1 aliphatic rings. The molecule has 0 bridgehead atoms. The lowest BCUT2D eigenvalue weighted by Crippen LogP contribution is -1.78. The van der Waals surface area contributed by atoms with Crippen molar-refractivity contribution < 1.29 is 0 Å². The first-order valence-corrected chi connectivity index (χ1v) is 5.37. The first kappa shape index (κ1) is 7.47. The van der Waals surface area contributed by atoms with E-state index in [1.54, 1.807) is 11.3 Å². The summed E-state index contributed by atoms with van der Waals surface area (Å²) >= 11 is 6.81. The van der Waals surface area contributed by atoms with E-state index in [0.717, 1.165) is 10.4 Å². The van der Waals surface area contributed by atoms with E-state index >= 15 is 0 Å². The van der Waals surface area contributed by atoms with E-state index in [2.05, 4.69) is 29.2 Å². The van der Waals surface area contributed by atoms with E-state index in [1.165, 1.54) is 21.7 Å². The fourth-order valence-electron chi connectivity index (χ4n) is 1.79. The molecule has 0 saturated heterocycles. The molecular weight excluding hydrogens is 198 g/mol. The van der Waals surface area contributed by atoms with Crippen molar-refractivity contribution in [2.45, 2.75) is 6.42 Å². The van der Waals surface area contributed by atoms with E-state index in [9.17, 15) is 0 Å². The van der Waals surface area contributed by atoms with Crippen molar-refractivity contribution in [3.05, 3.63) is 38.7 Å². The molecule has 1 aromatic heterocycles. The second-order valence-electron chi connectivity index (χ2n) is 3.15. The number of thiazole rings is 1. The highest BCUT2D eigenvalue weighted by atomic mass is 32.1. The van der Waals surface area contributed by atoms with Gasteiger partial charge in [0.25, 0.3) is 0 Å². The molecule has 0 unspecified atom stereocenters. The van der Waals surface area contributed by atoms with Crippen molar-refractivity contribution in [2.24, 2.45) is 0 Å². The van der Waals surface area contributed by atoms with Crippen LogP contribution in [0, 0.1) is 3.95 Å². The lowest BCUT2D eigenvalue weighted by atomic mass is 10.1. The number of rotatable bonds is 0. The van der Waals surface area contributed by atoms with Crippen LogP contribution in [0.5, 0.6) is 0 Å². The van der Waals surface area contributed by atoms with Gasteiger partial charge < -0.3 is 4.98 Å². The third-order valence-corrected chi connectivity index (χ3v) is 3.59. The summed E-state index contributed by atoms with van der Waals surface area (Å²) in [5, 5.41) is 0. The average molecular weight is 205 g/mol. The van der Waals surface area contributed by atoms with Gasteiger partial charge in [0.05, 0.1) is 5.69 Å². The van der Waals surface area contributed by atoms with Crippen LogP contribution in [0.1, 0.15) is 10.4 Å². The lowest BCUT2D eigenvalue weighted by Gasteiger charge is -1.95. The van der Waals surface area contributed by atoms with E-state index in [-0.39, 0.29) is 0 Å². The van der Waals surface area contributed by atoms with E-state index in [0.29, 0.717) is 0 Å². The standard InChI is InChI=1S/C10H7NS2/c12-10-11-9-7-4-2-1-3-6(7)5-8(9)13-10/h1-4H,5H2,(H,11,12). The Kier molecular flexibility index (Phi) is 1.45. The quantitative estimate of drug-likeness (QED) is 0.556. The van der Waals surface area contributed by atoms with Crippen molar-refractivity contribution >= 4 is 23.6 Å². The average Bonchev–Trinajstić information content (AvgIpc) is 2.60. The molecule has 1 nitrogen and oxygen atoms in total. The molecule has 64 valence electrons. The van der Waals surface area contributed by atoms with E-state index in [4.69, 9.17) is 12.2 Å². The van der Waals surface area contributed by atoms with Gasteiger partial charge in [-0.25, -0.2) is 0 Å². The van der Waals surface area contributed by atoms with Crippen LogP contribution in [0.2, 0.25) is 0 Å². The van der Waals surface area contributed by atoms with Crippen LogP contribution in [0.25, 0.3) is 11.3 Å². The van der Waals surface area contributed by atoms with Gasteiger partial charge >= 0.3 is 0 Å². The molecule has 2 aromatic rings. The number of aromatic nitrogens is 1. The van der Waals surface area contributed by atoms with Gasteiger partial charge in [0, 0.05) is 16.9 Å². The second-order valence-corrected chi connectivity index (χ2v) is 4.92. The minimum absolute atomic E-state index is 0.888. The summed E-state index contributed by atoms with van der Waals surface area (Å²) in [6.45, 7) is 0. The number of H-pyrrole nitrogens is 1. The zero-order chi connectivity index (χ0) is 8.84. The van der Waals surface area contributed by atoms with Crippen LogP contribution < -0.4 is 0 Å². The third-order valence-electron chi connectivity index (χ3n) is 2.36. The predicted octanol–water partition coefficient (Wildman–Crippen LogP) is 3.38. The summed E-state index contributed by atoms with van der Waals surface area (Å²) in [5.41, 5.74) is 3.98. The Morgan fingerprint density at radius 1 is 1.31 bits per heavy atom. The fraction of sp³-hybridized carbons (Fsp3) is 0.100. The van der Waals surface area contributed by atoms with Crippen LogP contribution in [0.15, 0.2) is 24.3 Å². The molecule has 0 spiro atoms. The maximum Gasteiger partial charge on any atom is 0.159 e. The van der Waals surface area contributed by atoms with Crippen LogP contribution in [-0.2, 0) is 6.42 Å². The molecule has 0 aliphatic heterocycles. The number of nitrogens with one attached hydrogen (secondary N) is 1. The molecule has 0 saturated carbocycles. The molecule has 0 atom stereocenters. The Hall–Kier alpha value is -0.930. The van der Waals surface area contributed by atoms with Crippen LogP contribution >= 0.6 is 23.6 Å². The monoisotopic (exact) mass is 205 g/mol. The molecule has 1 aliphatic carbocycles. The van der Waals surface area contributed by atoms with Crippen molar-refractivity contribution in [1.82, 2.24) is 4.98 Å². The van der Waals surface area contributed by atoms with Gasteiger partial charge in [0.1, 0.15) is 0 Å². The Morgan fingerprint density at radius 3 is 3.08 bits per heavy atom. The third kappa shape index (κ3) is 1.01. The summed E-state index contributed by atoms with van der Waals surface area (Å²) in [6.07, 6.45) is 1.04. The SMILES string of the molecule is S=c1[nH]c2c(s1)Cc1ccccc1-2. The Bertz CT molecular complexity index is 522. The Labute approximate surface area is 85.1 Å². The van der Waals surface area contributed by atoms with Crippen LogP contribution in [-0.4, -0.2) is 4.98 Å². The molecule has 1 N–H and O–H groups in total. The van der Waals surface area contributed by atoms with Crippen LogP contribution in [0.3, 0.4) is 0 Å². The first-order valence-electron chi connectivity index (χ1n) is 4.15. The summed E-state index contributed by atoms with van der Waals surface area (Å²) in [4.78, 5) is 4.63. The van der Waals surface area contributed by atoms with Crippen molar-refractivity contribution in [3.8, 4) is 11.3 Å². The zero-order valence-electron chi connectivity index (χ0n) is 6.83. The Balaban J connectivity index is 2.36. The first-order chi connectivity index (χ1) is 6.34. The molecule has 3 heteroatoms. The molecule has 13 heavy (non-hydrogen) atoms. The Morgan fingerprint density at radius 2 is 2.15 bits per heavy atom. The molecule has 1 heterocycles. The van der Waals surface area contributed by atoms with Gasteiger partial charge in [-0.2, -0.15) is 0 Å². The fourth-order valence-corrected chi connectivity index (χ4v) is 3.06. The molecule has 0 fully saturated rings. The van der Waals surface area contributed by atoms with E-state index < -0.39 is 0 Å². The zero-order valence-corrected chi connectivity index (χ0v) is 8.47. The van der Waals surface area contributed by atoms with Gasteiger partial charge in [-0.15, -0.1) is 11.3 Å². The van der Waals surface area contributed by atoms with E-state index in [1.807, 2.05) is 0 Å². The summed E-state index contributed by atoms with van der Waals surface area (Å²) in [6, 6.07) is 8.49. The normalized spacial score (nSPS) is 12.6. The highest BCUT2D eigenvalue weighted by Crippen LogP contribution is 2.37. The number of aromatic amines is 1. The molecule has 1 aromatic carbocycles. The largest absolute Gasteiger partial charge is 0.337 e. The van der Waals surface area contributed by atoms with Gasteiger partial charge in [0.15, 0.2) is 3.95 Å². The smallest absolute Gasteiger partial charge is 0.159 e. The minimum atomic E-state index is 0.888. The molecule has 0 radical (unpaired) electrons. The van der Waals surface area contributed by atoms with Gasteiger partial charge in [0.2, 0.25) is 0 Å². The topological polar surface area (TPSA) is 15.8 Å². The van der Waals surface area contributed by atoms with Crippen molar-refractivity contribution in [3.63, 3.8) is 0 Å². The summed E-state index contributed by atoms with van der Waals surface area (Å²) in [7, 11) is 0. The highest BCUT2D eigenvalue weighted by Gasteiger charge is 2.19. The van der Waals surface area contributed by atoms with Crippen molar-refractivity contribution in [1.29, 1.82) is 0 Å². The van der Waals surface area contributed by atoms with Crippen LogP contribution in [0.4, 0.5) is 0 Å². The van der Waals surface area contributed by atoms with Gasteiger partial charge in [-0.05, 0) is 17.8 Å². The maximum atomic E-state index is 5.11.